The van der Waals surface area contributed by atoms with Crippen molar-refractivity contribution in [1.82, 2.24) is 15.3 Å². The van der Waals surface area contributed by atoms with Gasteiger partial charge in [-0.15, -0.1) is 0 Å². The van der Waals surface area contributed by atoms with Crippen LogP contribution in [0, 0.1) is 6.92 Å². The number of aliphatic hydroxyl groups is 1. The Kier molecular flexibility index (Phi) is 5.05. The molecule has 1 aliphatic rings. The van der Waals surface area contributed by atoms with Crippen LogP contribution in [0.4, 0.5) is 10.5 Å². The third-order valence-electron chi connectivity index (χ3n) is 4.24. The van der Waals surface area contributed by atoms with Gasteiger partial charge in [0.1, 0.15) is 0 Å². The van der Waals surface area contributed by atoms with E-state index in [0.29, 0.717) is 11.5 Å². The van der Waals surface area contributed by atoms with E-state index in [0.717, 1.165) is 36.9 Å². The van der Waals surface area contributed by atoms with Crippen molar-refractivity contribution in [3.63, 3.8) is 0 Å². The van der Waals surface area contributed by atoms with E-state index in [4.69, 9.17) is 0 Å². The average molecular weight is 326 g/mol. The number of carbonyl (C=O) groups is 1. The van der Waals surface area contributed by atoms with Crippen molar-refractivity contribution in [2.24, 2.45) is 0 Å². The van der Waals surface area contributed by atoms with Crippen LogP contribution in [0.2, 0.25) is 0 Å². The second-order valence-corrected chi connectivity index (χ2v) is 6.16. The predicted molar refractivity (Wildman–Crippen MR) is 92.6 cm³/mol. The molecule has 2 atom stereocenters. The highest BCUT2D eigenvalue weighted by Gasteiger charge is 2.24. The Labute approximate surface area is 141 Å². The molecule has 1 aromatic carbocycles. The van der Waals surface area contributed by atoms with Gasteiger partial charge in [0.25, 0.3) is 0 Å². The molecule has 6 heteroatoms. The summed E-state index contributed by atoms with van der Waals surface area (Å²) in [6.07, 6.45) is 4.89. The summed E-state index contributed by atoms with van der Waals surface area (Å²) in [6, 6.07) is 8.78. The van der Waals surface area contributed by atoms with E-state index < -0.39 is 6.10 Å². The highest BCUT2D eigenvalue weighted by Crippen LogP contribution is 2.20. The SMILES string of the molecule is Cc1ccnc(-c2ccc(NC(=O)NC3CCCCC3O)cc2)n1. The lowest BCUT2D eigenvalue weighted by Gasteiger charge is -2.28. The Morgan fingerprint density at radius 2 is 1.92 bits per heavy atom. The minimum absolute atomic E-state index is 0.168. The fraction of sp³-hybridized carbons (Fsp3) is 0.389. The van der Waals surface area contributed by atoms with Crippen LogP contribution in [0.5, 0.6) is 0 Å². The number of aryl methyl sites for hydroxylation is 1. The van der Waals surface area contributed by atoms with Gasteiger partial charge in [0.2, 0.25) is 0 Å². The van der Waals surface area contributed by atoms with Crippen molar-refractivity contribution in [3.05, 3.63) is 42.2 Å². The van der Waals surface area contributed by atoms with Gasteiger partial charge in [-0.25, -0.2) is 14.8 Å². The van der Waals surface area contributed by atoms with Crippen LogP contribution in [0.25, 0.3) is 11.4 Å². The molecule has 0 radical (unpaired) electrons. The monoisotopic (exact) mass is 326 g/mol. The van der Waals surface area contributed by atoms with Crippen LogP contribution < -0.4 is 10.6 Å². The first kappa shape index (κ1) is 16.4. The zero-order chi connectivity index (χ0) is 16.9. The van der Waals surface area contributed by atoms with Gasteiger partial charge in [-0.1, -0.05) is 12.8 Å². The molecule has 1 fully saturated rings. The van der Waals surface area contributed by atoms with Gasteiger partial charge in [-0.2, -0.15) is 0 Å². The van der Waals surface area contributed by atoms with Crippen molar-refractivity contribution >= 4 is 11.7 Å². The van der Waals surface area contributed by atoms with Crippen LogP contribution in [-0.4, -0.2) is 33.3 Å². The third kappa shape index (κ3) is 4.08. The summed E-state index contributed by atoms with van der Waals surface area (Å²) >= 11 is 0. The van der Waals surface area contributed by atoms with Gasteiger partial charge in [-0.05, 0) is 50.1 Å². The molecular weight excluding hydrogens is 304 g/mol. The Hall–Kier alpha value is -2.47. The van der Waals surface area contributed by atoms with Crippen molar-refractivity contribution in [2.45, 2.75) is 44.8 Å². The lowest BCUT2D eigenvalue weighted by atomic mass is 9.93. The summed E-state index contributed by atoms with van der Waals surface area (Å²) in [5, 5.41) is 15.6. The fourth-order valence-electron chi connectivity index (χ4n) is 2.91. The number of anilines is 1. The summed E-state index contributed by atoms with van der Waals surface area (Å²) in [5.41, 5.74) is 2.49. The molecule has 3 rings (SSSR count). The van der Waals surface area contributed by atoms with Gasteiger partial charge in [0.05, 0.1) is 12.1 Å². The van der Waals surface area contributed by atoms with Gasteiger partial charge >= 0.3 is 6.03 Å². The smallest absolute Gasteiger partial charge is 0.319 e. The van der Waals surface area contributed by atoms with E-state index in [1.54, 1.807) is 6.20 Å². The van der Waals surface area contributed by atoms with Crippen molar-refractivity contribution in [3.8, 4) is 11.4 Å². The van der Waals surface area contributed by atoms with Crippen LogP contribution in [0.1, 0.15) is 31.4 Å². The molecule has 0 aliphatic heterocycles. The molecule has 24 heavy (non-hydrogen) atoms. The summed E-state index contributed by atoms with van der Waals surface area (Å²) in [7, 11) is 0. The van der Waals surface area contributed by atoms with E-state index in [2.05, 4.69) is 20.6 Å². The molecule has 126 valence electrons. The van der Waals surface area contributed by atoms with Crippen LogP contribution in [-0.2, 0) is 0 Å². The van der Waals surface area contributed by atoms with Crippen LogP contribution in [0.3, 0.4) is 0 Å². The van der Waals surface area contributed by atoms with Crippen LogP contribution in [0.15, 0.2) is 36.5 Å². The van der Waals surface area contributed by atoms with Crippen molar-refractivity contribution in [1.29, 1.82) is 0 Å². The highest BCUT2D eigenvalue weighted by molar-refractivity contribution is 5.89. The zero-order valence-electron chi connectivity index (χ0n) is 13.7. The van der Waals surface area contributed by atoms with E-state index >= 15 is 0 Å². The summed E-state index contributed by atoms with van der Waals surface area (Å²) in [5.74, 6) is 0.663. The van der Waals surface area contributed by atoms with Gasteiger partial charge < -0.3 is 15.7 Å². The van der Waals surface area contributed by atoms with Gasteiger partial charge in [0.15, 0.2) is 5.82 Å². The van der Waals surface area contributed by atoms with E-state index in [1.807, 2.05) is 37.3 Å². The van der Waals surface area contributed by atoms with E-state index in [9.17, 15) is 9.90 Å². The number of rotatable bonds is 3. The largest absolute Gasteiger partial charge is 0.391 e. The standard InChI is InChI=1S/C18H22N4O2/c1-12-10-11-19-17(20-12)13-6-8-14(9-7-13)21-18(24)22-15-4-2-3-5-16(15)23/h6-11,15-16,23H,2-5H2,1H3,(H2,21,22,24). The Balaban J connectivity index is 1.60. The fourth-order valence-corrected chi connectivity index (χ4v) is 2.91. The molecular formula is C18H22N4O2. The molecule has 2 unspecified atom stereocenters. The number of aromatic nitrogens is 2. The van der Waals surface area contributed by atoms with Crippen molar-refractivity contribution in [2.75, 3.05) is 5.32 Å². The maximum absolute atomic E-state index is 12.1. The molecule has 1 aliphatic carbocycles. The molecule has 1 heterocycles. The normalized spacial score (nSPS) is 20.4. The van der Waals surface area contributed by atoms with Crippen molar-refractivity contribution < 1.29 is 9.90 Å². The number of hydrogen-bond donors (Lipinski definition) is 3. The number of amides is 2. The van der Waals surface area contributed by atoms with Gasteiger partial charge in [0, 0.05) is 23.1 Å². The second-order valence-electron chi connectivity index (χ2n) is 6.16. The Morgan fingerprint density at radius 3 is 2.62 bits per heavy atom. The number of aliphatic hydroxyl groups excluding tert-OH is 1. The predicted octanol–water partition coefficient (Wildman–Crippen LogP) is 2.88. The number of nitrogens with zero attached hydrogens (tertiary/aromatic N) is 2. The molecule has 3 N–H and O–H groups in total. The Morgan fingerprint density at radius 1 is 1.17 bits per heavy atom. The first-order valence-electron chi connectivity index (χ1n) is 8.27. The number of urea groups is 1. The highest BCUT2D eigenvalue weighted by atomic mass is 16.3. The molecule has 1 saturated carbocycles. The number of nitrogens with one attached hydrogen (secondary N) is 2. The summed E-state index contributed by atoms with van der Waals surface area (Å²) < 4.78 is 0. The van der Waals surface area contributed by atoms with E-state index in [1.165, 1.54) is 0 Å². The maximum atomic E-state index is 12.1. The zero-order valence-corrected chi connectivity index (χ0v) is 13.7. The molecule has 2 aromatic rings. The Bertz CT molecular complexity index is 702. The lowest BCUT2D eigenvalue weighted by Crippen LogP contribution is -2.46. The average Bonchev–Trinajstić information content (AvgIpc) is 2.58. The molecule has 1 aromatic heterocycles. The first-order chi connectivity index (χ1) is 11.6. The topological polar surface area (TPSA) is 87.1 Å². The molecule has 0 saturated heterocycles. The summed E-state index contributed by atoms with van der Waals surface area (Å²) in [4.78, 5) is 20.7. The molecule has 0 spiro atoms. The second kappa shape index (κ2) is 7.40. The minimum Gasteiger partial charge on any atom is -0.391 e. The number of hydrogen-bond acceptors (Lipinski definition) is 4. The summed E-state index contributed by atoms with van der Waals surface area (Å²) in [6.45, 7) is 1.92. The number of benzene rings is 1. The molecule has 6 nitrogen and oxygen atoms in total. The quantitative estimate of drug-likeness (QED) is 0.809. The van der Waals surface area contributed by atoms with Crippen LogP contribution >= 0.6 is 0 Å². The van der Waals surface area contributed by atoms with E-state index in [-0.39, 0.29) is 12.1 Å². The first-order valence-corrected chi connectivity index (χ1v) is 8.27. The minimum atomic E-state index is -0.453. The number of carbonyl (C=O) groups excluding carboxylic acids is 1. The molecule has 2 amide bonds. The molecule has 0 bridgehead atoms. The maximum Gasteiger partial charge on any atom is 0.319 e. The van der Waals surface area contributed by atoms with Gasteiger partial charge in [-0.3, -0.25) is 0 Å². The lowest BCUT2D eigenvalue weighted by molar-refractivity contribution is 0.0955. The third-order valence-corrected chi connectivity index (χ3v) is 4.24.